The number of Topliss-reactive ketones (excluding diaryl/α,β-unsaturated/α-hetero) is 1. The lowest BCUT2D eigenvalue weighted by Gasteiger charge is -2.34. The van der Waals surface area contributed by atoms with Crippen molar-refractivity contribution in [2.75, 3.05) is 26.7 Å². The van der Waals surface area contributed by atoms with Gasteiger partial charge in [0.2, 0.25) is 0 Å². The van der Waals surface area contributed by atoms with E-state index in [-0.39, 0.29) is 18.0 Å². The molecule has 0 amide bonds. The second-order valence-corrected chi connectivity index (χ2v) is 5.63. The minimum atomic E-state index is 0.00944. The Balaban J connectivity index is 2.08. The monoisotopic (exact) mass is 297 g/mol. The summed E-state index contributed by atoms with van der Waals surface area (Å²) < 4.78 is 10.8. The molecule has 0 spiro atoms. The van der Waals surface area contributed by atoms with Crippen LogP contribution < -0.4 is 4.74 Å². The van der Waals surface area contributed by atoms with Crippen molar-refractivity contribution in [3.63, 3.8) is 0 Å². The molecule has 1 aliphatic rings. The summed E-state index contributed by atoms with van der Waals surface area (Å²) in [6, 6.07) is 5.13. The molecule has 1 heterocycles. The summed E-state index contributed by atoms with van der Waals surface area (Å²) in [4.78, 5) is 14.5. The molecule has 0 bridgehead atoms. The molecule has 2 atom stereocenters. The van der Waals surface area contributed by atoms with Crippen LogP contribution >= 0.6 is 11.6 Å². The quantitative estimate of drug-likeness (QED) is 0.801. The normalized spacial score (nSPS) is 23.6. The zero-order chi connectivity index (χ0) is 14.7. The largest absolute Gasteiger partial charge is 0.497 e. The highest BCUT2D eigenvalue weighted by atomic mass is 35.5. The molecule has 1 aromatic rings. The lowest BCUT2D eigenvalue weighted by molar-refractivity contribution is -0.0652. The number of carbonyl (C=O) groups excluding carboxylic acids is 1. The van der Waals surface area contributed by atoms with E-state index in [1.807, 2.05) is 13.8 Å². The number of hydrogen-bond donors (Lipinski definition) is 0. The molecule has 0 aliphatic carbocycles. The Bertz CT molecular complexity index is 482. The molecule has 1 fully saturated rings. The zero-order valence-electron chi connectivity index (χ0n) is 12.1. The molecule has 1 aromatic carbocycles. The van der Waals surface area contributed by atoms with Crippen LogP contribution in [0.15, 0.2) is 18.2 Å². The Morgan fingerprint density at radius 3 is 2.65 bits per heavy atom. The van der Waals surface area contributed by atoms with Crippen LogP contribution in [0, 0.1) is 0 Å². The molecular weight excluding hydrogens is 278 g/mol. The maximum atomic E-state index is 12.4. The summed E-state index contributed by atoms with van der Waals surface area (Å²) in [6.07, 6.45) is 0.291. The number of rotatable bonds is 4. The number of nitrogens with zero attached hydrogens (tertiary/aromatic N) is 1. The van der Waals surface area contributed by atoms with Gasteiger partial charge in [-0.2, -0.15) is 0 Å². The fraction of sp³-hybridized carbons (Fsp3) is 0.533. The lowest BCUT2D eigenvalue weighted by Crippen LogP contribution is -2.47. The van der Waals surface area contributed by atoms with Crippen molar-refractivity contribution in [3.05, 3.63) is 28.8 Å². The lowest BCUT2D eigenvalue weighted by atomic mass is 10.1. The van der Waals surface area contributed by atoms with Crippen LogP contribution in [0.4, 0.5) is 0 Å². The van der Waals surface area contributed by atoms with Gasteiger partial charge in [0.25, 0.3) is 0 Å². The minimum absolute atomic E-state index is 0.00944. The van der Waals surface area contributed by atoms with Gasteiger partial charge in [-0.1, -0.05) is 11.6 Å². The van der Waals surface area contributed by atoms with Crippen molar-refractivity contribution >= 4 is 17.4 Å². The number of ketones is 1. The molecule has 0 radical (unpaired) electrons. The van der Waals surface area contributed by atoms with Gasteiger partial charge in [0.05, 0.1) is 30.9 Å². The Morgan fingerprint density at radius 2 is 2.05 bits per heavy atom. The summed E-state index contributed by atoms with van der Waals surface area (Å²) in [6.45, 7) is 5.91. The highest BCUT2D eigenvalue weighted by Gasteiger charge is 2.24. The zero-order valence-corrected chi connectivity index (χ0v) is 12.8. The molecule has 4 nitrogen and oxygen atoms in total. The van der Waals surface area contributed by atoms with Crippen LogP contribution in [0.5, 0.6) is 5.75 Å². The van der Waals surface area contributed by atoms with Crippen molar-refractivity contribution in [2.24, 2.45) is 0 Å². The third-order valence-electron chi connectivity index (χ3n) is 3.34. The first kappa shape index (κ1) is 15.3. The standard InChI is InChI=1S/C15H20ClNO3/c1-10-7-17(8-11(2)20-10)9-15(18)13-6-12(19-3)4-5-14(13)16/h4-6,10-11H,7-9H2,1-3H3. The molecule has 2 unspecified atom stereocenters. The maximum Gasteiger partial charge on any atom is 0.178 e. The van der Waals surface area contributed by atoms with Crippen molar-refractivity contribution < 1.29 is 14.3 Å². The Hall–Kier alpha value is -1.10. The van der Waals surface area contributed by atoms with Crippen LogP contribution in [0.2, 0.25) is 5.02 Å². The Labute approximate surface area is 124 Å². The first-order valence-electron chi connectivity index (χ1n) is 6.74. The molecule has 1 saturated heterocycles. The molecule has 2 rings (SSSR count). The van der Waals surface area contributed by atoms with E-state index in [1.54, 1.807) is 25.3 Å². The van der Waals surface area contributed by atoms with E-state index in [0.717, 1.165) is 13.1 Å². The first-order chi connectivity index (χ1) is 9.49. The predicted molar refractivity (Wildman–Crippen MR) is 78.8 cm³/mol. The summed E-state index contributed by atoms with van der Waals surface area (Å²) in [5.41, 5.74) is 0.512. The van der Waals surface area contributed by atoms with E-state index >= 15 is 0 Å². The van der Waals surface area contributed by atoms with E-state index < -0.39 is 0 Å². The molecule has 20 heavy (non-hydrogen) atoms. The second-order valence-electron chi connectivity index (χ2n) is 5.22. The van der Waals surface area contributed by atoms with Gasteiger partial charge in [-0.05, 0) is 32.0 Å². The van der Waals surface area contributed by atoms with E-state index in [1.165, 1.54) is 0 Å². The number of halogens is 1. The van der Waals surface area contributed by atoms with E-state index in [0.29, 0.717) is 22.9 Å². The smallest absolute Gasteiger partial charge is 0.178 e. The van der Waals surface area contributed by atoms with Gasteiger partial charge >= 0.3 is 0 Å². The van der Waals surface area contributed by atoms with Crippen molar-refractivity contribution in [3.8, 4) is 5.75 Å². The van der Waals surface area contributed by atoms with Crippen LogP contribution in [0.3, 0.4) is 0 Å². The van der Waals surface area contributed by atoms with Crippen molar-refractivity contribution in [1.29, 1.82) is 0 Å². The third kappa shape index (κ3) is 3.72. The van der Waals surface area contributed by atoms with Crippen molar-refractivity contribution in [1.82, 2.24) is 4.90 Å². The first-order valence-corrected chi connectivity index (χ1v) is 7.12. The highest BCUT2D eigenvalue weighted by Crippen LogP contribution is 2.23. The second kappa shape index (κ2) is 6.57. The van der Waals surface area contributed by atoms with Gasteiger partial charge in [0.15, 0.2) is 5.78 Å². The number of morpholine rings is 1. The van der Waals surface area contributed by atoms with E-state index in [9.17, 15) is 4.79 Å². The molecular formula is C15H20ClNO3. The van der Waals surface area contributed by atoms with Crippen LogP contribution in [0.1, 0.15) is 24.2 Å². The van der Waals surface area contributed by atoms with Crippen LogP contribution in [-0.2, 0) is 4.74 Å². The average Bonchev–Trinajstić information content (AvgIpc) is 2.37. The van der Waals surface area contributed by atoms with Gasteiger partial charge in [0, 0.05) is 18.7 Å². The summed E-state index contributed by atoms with van der Waals surface area (Å²) >= 11 is 6.10. The topological polar surface area (TPSA) is 38.8 Å². The van der Waals surface area contributed by atoms with Gasteiger partial charge < -0.3 is 9.47 Å². The molecule has 0 saturated carbocycles. The number of carbonyl (C=O) groups is 1. The minimum Gasteiger partial charge on any atom is -0.497 e. The van der Waals surface area contributed by atoms with E-state index in [4.69, 9.17) is 21.1 Å². The van der Waals surface area contributed by atoms with Gasteiger partial charge in [-0.15, -0.1) is 0 Å². The molecule has 5 heteroatoms. The molecule has 1 aliphatic heterocycles. The number of benzene rings is 1. The van der Waals surface area contributed by atoms with Crippen LogP contribution in [0.25, 0.3) is 0 Å². The Morgan fingerprint density at radius 1 is 1.40 bits per heavy atom. The fourth-order valence-corrected chi connectivity index (χ4v) is 2.77. The molecule has 110 valence electrons. The highest BCUT2D eigenvalue weighted by molar-refractivity contribution is 6.34. The van der Waals surface area contributed by atoms with Gasteiger partial charge in [-0.3, -0.25) is 9.69 Å². The number of hydrogen-bond acceptors (Lipinski definition) is 4. The number of ether oxygens (including phenoxy) is 2. The Kier molecular flexibility index (Phi) is 5.02. The summed E-state index contributed by atoms with van der Waals surface area (Å²) in [5.74, 6) is 0.650. The third-order valence-corrected chi connectivity index (χ3v) is 3.67. The molecule has 0 N–H and O–H groups in total. The van der Waals surface area contributed by atoms with E-state index in [2.05, 4.69) is 4.90 Å². The average molecular weight is 298 g/mol. The molecule has 0 aromatic heterocycles. The summed E-state index contributed by atoms with van der Waals surface area (Å²) in [5, 5.41) is 0.463. The van der Waals surface area contributed by atoms with Crippen molar-refractivity contribution in [2.45, 2.75) is 26.1 Å². The van der Waals surface area contributed by atoms with Gasteiger partial charge in [-0.25, -0.2) is 0 Å². The predicted octanol–water partition coefficient (Wildman–Crippen LogP) is 2.64. The fourth-order valence-electron chi connectivity index (χ4n) is 2.55. The SMILES string of the molecule is COc1ccc(Cl)c(C(=O)CN2CC(C)OC(C)C2)c1. The maximum absolute atomic E-state index is 12.4. The number of methoxy groups -OCH3 is 1. The van der Waals surface area contributed by atoms with Crippen LogP contribution in [-0.4, -0.2) is 49.6 Å². The summed E-state index contributed by atoms with van der Waals surface area (Å²) in [7, 11) is 1.57. The van der Waals surface area contributed by atoms with Gasteiger partial charge in [0.1, 0.15) is 5.75 Å².